The summed E-state index contributed by atoms with van der Waals surface area (Å²) >= 11 is 1.51. The molecule has 0 unspecified atom stereocenters. The Labute approximate surface area is 97.2 Å². The Hall–Kier alpha value is -0.830. The number of carbonyl (C=O) groups is 1. The van der Waals surface area contributed by atoms with Crippen LogP contribution in [-0.4, -0.2) is 29.0 Å². The number of hydrogen-bond acceptors (Lipinski definition) is 6. The Morgan fingerprint density at radius 3 is 2.69 bits per heavy atom. The van der Waals surface area contributed by atoms with Crippen molar-refractivity contribution in [3.05, 3.63) is 5.01 Å². The van der Waals surface area contributed by atoms with Crippen LogP contribution in [0.1, 0.15) is 11.4 Å². The van der Waals surface area contributed by atoms with Gasteiger partial charge in [-0.2, -0.15) is 13.2 Å². The smallest absolute Gasteiger partial charge is 0.445 e. The molecule has 0 aliphatic heterocycles. The van der Waals surface area contributed by atoms with Gasteiger partial charge in [0.15, 0.2) is 4.34 Å². The Morgan fingerprint density at radius 2 is 2.19 bits per heavy atom. The maximum Gasteiger partial charge on any atom is 0.445 e. The van der Waals surface area contributed by atoms with E-state index in [0.29, 0.717) is 17.1 Å². The molecule has 0 amide bonds. The van der Waals surface area contributed by atoms with Crippen molar-refractivity contribution < 1.29 is 22.7 Å². The van der Waals surface area contributed by atoms with Crippen LogP contribution in [0.4, 0.5) is 13.2 Å². The SMILES string of the molecule is COC(=O)CCSc1nnc(C(F)(F)F)s1. The number of alkyl halides is 3. The molecule has 0 bridgehead atoms. The van der Waals surface area contributed by atoms with E-state index < -0.39 is 17.2 Å². The van der Waals surface area contributed by atoms with E-state index in [1.165, 1.54) is 7.11 Å². The Morgan fingerprint density at radius 1 is 1.50 bits per heavy atom. The number of rotatable bonds is 4. The van der Waals surface area contributed by atoms with Gasteiger partial charge in [0.05, 0.1) is 13.5 Å². The van der Waals surface area contributed by atoms with E-state index in [1.54, 1.807) is 0 Å². The van der Waals surface area contributed by atoms with Gasteiger partial charge in [-0.25, -0.2) is 0 Å². The second-order valence-corrected chi connectivity index (χ2v) is 4.87. The summed E-state index contributed by atoms with van der Waals surface area (Å²) in [5, 5.41) is 5.40. The third kappa shape index (κ3) is 3.97. The lowest BCUT2D eigenvalue weighted by atomic mass is 10.5. The zero-order valence-corrected chi connectivity index (χ0v) is 9.71. The minimum absolute atomic E-state index is 0.127. The number of nitrogens with zero attached hydrogens (tertiary/aromatic N) is 2. The van der Waals surface area contributed by atoms with Gasteiger partial charge < -0.3 is 4.74 Å². The van der Waals surface area contributed by atoms with Crippen molar-refractivity contribution in [2.75, 3.05) is 12.9 Å². The molecule has 0 spiro atoms. The van der Waals surface area contributed by atoms with Gasteiger partial charge in [-0.3, -0.25) is 4.79 Å². The molecular weight excluding hydrogens is 265 g/mol. The molecule has 90 valence electrons. The number of methoxy groups -OCH3 is 1. The fraction of sp³-hybridized carbons (Fsp3) is 0.571. The zero-order valence-electron chi connectivity index (χ0n) is 8.08. The molecule has 1 rings (SSSR count). The van der Waals surface area contributed by atoms with Crippen LogP contribution in [0.3, 0.4) is 0 Å². The summed E-state index contributed by atoms with van der Waals surface area (Å²) in [5.41, 5.74) is 0. The van der Waals surface area contributed by atoms with E-state index in [1.807, 2.05) is 0 Å². The summed E-state index contributed by atoms with van der Waals surface area (Å²) < 4.78 is 41.0. The van der Waals surface area contributed by atoms with E-state index in [-0.39, 0.29) is 10.8 Å². The highest BCUT2D eigenvalue weighted by Gasteiger charge is 2.35. The van der Waals surface area contributed by atoms with Crippen LogP contribution in [0.15, 0.2) is 4.34 Å². The zero-order chi connectivity index (χ0) is 12.2. The molecule has 0 fully saturated rings. The lowest BCUT2D eigenvalue weighted by Gasteiger charge is -1.98. The minimum atomic E-state index is -4.46. The van der Waals surface area contributed by atoms with E-state index in [2.05, 4.69) is 14.9 Å². The number of halogens is 3. The molecule has 0 N–H and O–H groups in total. The molecule has 0 aromatic carbocycles. The molecule has 0 radical (unpaired) electrons. The summed E-state index contributed by atoms with van der Waals surface area (Å²) in [5.74, 6) is -0.0906. The molecule has 0 saturated heterocycles. The van der Waals surface area contributed by atoms with Gasteiger partial charge in [-0.15, -0.1) is 10.2 Å². The van der Waals surface area contributed by atoms with Crippen LogP contribution >= 0.6 is 23.1 Å². The van der Waals surface area contributed by atoms with Crippen molar-refractivity contribution in [2.45, 2.75) is 16.9 Å². The van der Waals surface area contributed by atoms with Crippen LogP contribution in [-0.2, 0) is 15.7 Å². The summed E-state index contributed by atoms with van der Waals surface area (Å²) in [6, 6.07) is 0. The molecule has 1 aromatic rings. The molecular formula is C7H7F3N2O2S2. The Balaban J connectivity index is 2.44. The molecule has 4 nitrogen and oxygen atoms in total. The Bertz CT molecular complexity index is 367. The largest absolute Gasteiger partial charge is 0.469 e. The molecule has 16 heavy (non-hydrogen) atoms. The monoisotopic (exact) mass is 272 g/mol. The minimum Gasteiger partial charge on any atom is -0.469 e. The lowest BCUT2D eigenvalue weighted by molar-refractivity contribution is -0.140. The summed E-state index contributed by atoms with van der Waals surface area (Å²) in [7, 11) is 1.25. The molecule has 0 aliphatic carbocycles. The van der Waals surface area contributed by atoms with Crippen molar-refractivity contribution in [1.82, 2.24) is 10.2 Å². The van der Waals surface area contributed by atoms with E-state index >= 15 is 0 Å². The van der Waals surface area contributed by atoms with Crippen molar-refractivity contribution in [3.8, 4) is 0 Å². The highest BCUT2D eigenvalue weighted by Crippen LogP contribution is 2.34. The first-order valence-corrected chi connectivity index (χ1v) is 5.84. The fourth-order valence-electron chi connectivity index (χ4n) is 0.706. The number of hydrogen-bond donors (Lipinski definition) is 0. The van der Waals surface area contributed by atoms with E-state index in [4.69, 9.17) is 0 Å². The topological polar surface area (TPSA) is 52.1 Å². The van der Waals surface area contributed by atoms with Crippen molar-refractivity contribution in [1.29, 1.82) is 0 Å². The number of thioether (sulfide) groups is 1. The molecule has 0 atom stereocenters. The molecule has 1 aromatic heterocycles. The van der Waals surface area contributed by atoms with Crippen LogP contribution in [0.5, 0.6) is 0 Å². The van der Waals surface area contributed by atoms with E-state index in [0.717, 1.165) is 11.8 Å². The average molecular weight is 272 g/mol. The fourth-order valence-corrected chi connectivity index (χ4v) is 2.42. The van der Waals surface area contributed by atoms with Gasteiger partial charge in [0.1, 0.15) is 0 Å². The number of carbonyl (C=O) groups excluding carboxylic acids is 1. The van der Waals surface area contributed by atoms with Crippen LogP contribution in [0.25, 0.3) is 0 Å². The van der Waals surface area contributed by atoms with E-state index in [9.17, 15) is 18.0 Å². The number of esters is 1. The molecule has 0 aliphatic rings. The maximum atomic E-state index is 12.1. The van der Waals surface area contributed by atoms with Crippen LogP contribution < -0.4 is 0 Å². The summed E-state index contributed by atoms with van der Waals surface area (Å²) in [6.07, 6.45) is -4.33. The third-order valence-corrected chi connectivity index (χ3v) is 3.51. The van der Waals surface area contributed by atoms with Crippen molar-refractivity contribution >= 4 is 29.1 Å². The van der Waals surface area contributed by atoms with Crippen LogP contribution in [0, 0.1) is 0 Å². The first kappa shape index (κ1) is 13.2. The van der Waals surface area contributed by atoms with Gasteiger partial charge in [-0.05, 0) is 0 Å². The maximum absolute atomic E-state index is 12.1. The number of ether oxygens (including phenoxy) is 1. The van der Waals surface area contributed by atoms with Gasteiger partial charge in [-0.1, -0.05) is 23.1 Å². The summed E-state index contributed by atoms with van der Waals surface area (Å²) in [4.78, 5) is 10.7. The molecule has 1 heterocycles. The first-order valence-electron chi connectivity index (χ1n) is 4.04. The molecule has 9 heteroatoms. The second kappa shape index (κ2) is 5.48. The van der Waals surface area contributed by atoms with Gasteiger partial charge in [0.2, 0.25) is 5.01 Å². The van der Waals surface area contributed by atoms with Crippen molar-refractivity contribution in [2.24, 2.45) is 0 Å². The quantitative estimate of drug-likeness (QED) is 0.621. The highest BCUT2D eigenvalue weighted by atomic mass is 32.2. The van der Waals surface area contributed by atoms with Gasteiger partial charge in [0, 0.05) is 5.75 Å². The standard InChI is InChI=1S/C7H7F3N2O2S2/c1-14-4(13)2-3-15-6-12-11-5(16-6)7(8,9)10/h2-3H2,1H3. The Kier molecular flexibility index (Phi) is 4.54. The van der Waals surface area contributed by atoms with Gasteiger partial charge in [0.25, 0.3) is 0 Å². The number of aromatic nitrogens is 2. The average Bonchev–Trinajstić information content (AvgIpc) is 2.65. The predicted octanol–water partition coefficient (Wildman–Crippen LogP) is 2.21. The second-order valence-electron chi connectivity index (χ2n) is 2.55. The highest BCUT2D eigenvalue weighted by molar-refractivity contribution is 8.01. The van der Waals surface area contributed by atoms with Gasteiger partial charge >= 0.3 is 12.1 Å². The summed E-state index contributed by atoms with van der Waals surface area (Å²) in [6.45, 7) is 0. The predicted molar refractivity (Wildman–Crippen MR) is 52.3 cm³/mol. The van der Waals surface area contributed by atoms with Crippen LogP contribution in [0.2, 0.25) is 0 Å². The first-order chi connectivity index (χ1) is 7.43. The third-order valence-electron chi connectivity index (χ3n) is 1.41. The van der Waals surface area contributed by atoms with Crippen molar-refractivity contribution in [3.63, 3.8) is 0 Å². The lowest BCUT2D eigenvalue weighted by Crippen LogP contribution is -2.03. The normalized spacial score (nSPS) is 11.5. The molecule has 0 saturated carbocycles.